The second-order valence-corrected chi connectivity index (χ2v) is 7.25. The summed E-state index contributed by atoms with van der Waals surface area (Å²) in [6.07, 6.45) is 6.33. The molecule has 1 saturated heterocycles. The number of ether oxygens (including phenoxy) is 2. The van der Waals surface area contributed by atoms with Crippen LogP contribution >= 0.6 is 0 Å². The number of H-pyrrole nitrogens is 1. The zero-order valence-electron chi connectivity index (χ0n) is 17.2. The zero-order chi connectivity index (χ0) is 21.6. The lowest BCUT2D eigenvalue weighted by molar-refractivity contribution is -0.134. The molecule has 1 aliphatic rings. The highest BCUT2D eigenvalue weighted by molar-refractivity contribution is 5.78. The van der Waals surface area contributed by atoms with Crippen LogP contribution in [0.4, 0.5) is 0 Å². The van der Waals surface area contributed by atoms with Crippen molar-refractivity contribution in [2.45, 2.75) is 18.8 Å². The SMILES string of the molecule is COc1ccc(OCC(=O)N2CCCC(c3cc(=O)[nH]c(-c4cnccn4)n3)C2)cc1. The molecule has 1 amide bonds. The second-order valence-electron chi connectivity index (χ2n) is 7.25. The first-order valence-electron chi connectivity index (χ1n) is 10.0. The van der Waals surface area contributed by atoms with Gasteiger partial charge in [0.1, 0.15) is 17.2 Å². The highest BCUT2D eigenvalue weighted by atomic mass is 16.5. The van der Waals surface area contributed by atoms with Gasteiger partial charge in [-0.2, -0.15) is 0 Å². The van der Waals surface area contributed by atoms with E-state index in [0.717, 1.165) is 18.6 Å². The number of aromatic amines is 1. The van der Waals surface area contributed by atoms with Crippen molar-refractivity contribution in [1.29, 1.82) is 0 Å². The molecule has 3 aromatic rings. The Balaban J connectivity index is 1.42. The summed E-state index contributed by atoms with van der Waals surface area (Å²) >= 11 is 0. The van der Waals surface area contributed by atoms with E-state index in [1.807, 2.05) is 0 Å². The van der Waals surface area contributed by atoms with Gasteiger partial charge in [-0.3, -0.25) is 14.6 Å². The van der Waals surface area contributed by atoms with Crippen LogP contribution in [0.2, 0.25) is 0 Å². The van der Waals surface area contributed by atoms with Crippen LogP contribution in [0, 0.1) is 0 Å². The third kappa shape index (κ3) is 5.06. The van der Waals surface area contributed by atoms with Gasteiger partial charge in [0, 0.05) is 37.5 Å². The summed E-state index contributed by atoms with van der Waals surface area (Å²) in [5.74, 6) is 1.58. The van der Waals surface area contributed by atoms with Crippen molar-refractivity contribution >= 4 is 5.91 Å². The number of aromatic nitrogens is 4. The highest BCUT2D eigenvalue weighted by Crippen LogP contribution is 2.26. The quantitative estimate of drug-likeness (QED) is 0.648. The Morgan fingerprint density at radius 2 is 2.03 bits per heavy atom. The topological polar surface area (TPSA) is 110 Å². The number of methoxy groups -OCH3 is 1. The molecule has 1 aromatic carbocycles. The maximum atomic E-state index is 12.7. The van der Waals surface area contributed by atoms with Gasteiger partial charge >= 0.3 is 0 Å². The van der Waals surface area contributed by atoms with E-state index in [1.165, 1.54) is 6.07 Å². The van der Waals surface area contributed by atoms with Crippen LogP contribution in [-0.2, 0) is 4.79 Å². The average Bonchev–Trinajstić information content (AvgIpc) is 2.83. The number of hydrogen-bond donors (Lipinski definition) is 1. The van der Waals surface area contributed by atoms with Crippen molar-refractivity contribution in [2.75, 3.05) is 26.8 Å². The van der Waals surface area contributed by atoms with Gasteiger partial charge in [0.25, 0.3) is 11.5 Å². The van der Waals surface area contributed by atoms with E-state index in [4.69, 9.17) is 9.47 Å². The summed E-state index contributed by atoms with van der Waals surface area (Å²) in [7, 11) is 1.60. The number of benzene rings is 1. The fraction of sp³-hybridized carbons (Fsp3) is 0.318. The molecule has 1 fully saturated rings. The molecule has 1 aliphatic heterocycles. The monoisotopic (exact) mass is 421 g/mol. The fourth-order valence-corrected chi connectivity index (χ4v) is 3.58. The number of rotatable bonds is 6. The summed E-state index contributed by atoms with van der Waals surface area (Å²) in [5, 5.41) is 0. The molecule has 1 atom stereocenters. The van der Waals surface area contributed by atoms with E-state index in [2.05, 4.69) is 19.9 Å². The van der Waals surface area contributed by atoms with Gasteiger partial charge in [0.2, 0.25) is 0 Å². The minimum atomic E-state index is -0.253. The van der Waals surface area contributed by atoms with Gasteiger partial charge < -0.3 is 19.4 Å². The van der Waals surface area contributed by atoms with Crippen molar-refractivity contribution in [3.63, 3.8) is 0 Å². The Bertz CT molecular complexity index is 1090. The molecule has 9 heteroatoms. The van der Waals surface area contributed by atoms with Crippen molar-refractivity contribution in [3.05, 3.63) is 65.0 Å². The number of nitrogens with one attached hydrogen (secondary N) is 1. The second kappa shape index (κ2) is 9.38. The molecule has 4 rings (SSSR count). The van der Waals surface area contributed by atoms with Gasteiger partial charge in [-0.25, -0.2) is 9.97 Å². The Morgan fingerprint density at radius 3 is 2.77 bits per heavy atom. The zero-order valence-corrected chi connectivity index (χ0v) is 17.2. The largest absolute Gasteiger partial charge is 0.497 e. The summed E-state index contributed by atoms with van der Waals surface area (Å²) in [5.41, 5.74) is 0.896. The molecule has 1 unspecified atom stereocenters. The van der Waals surface area contributed by atoms with Crippen molar-refractivity contribution in [1.82, 2.24) is 24.8 Å². The number of carbonyl (C=O) groups is 1. The Kier molecular flexibility index (Phi) is 6.21. The maximum absolute atomic E-state index is 12.7. The van der Waals surface area contributed by atoms with Crippen LogP contribution < -0.4 is 15.0 Å². The van der Waals surface area contributed by atoms with Crippen LogP contribution in [0.3, 0.4) is 0 Å². The first-order chi connectivity index (χ1) is 15.1. The molecule has 1 N–H and O–H groups in total. The van der Waals surface area contributed by atoms with Gasteiger partial charge in [-0.15, -0.1) is 0 Å². The first kappa shape index (κ1) is 20.5. The lowest BCUT2D eigenvalue weighted by Crippen LogP contribution is -2.42. The molecular formula is C22H23N5O4. The standard InChI is InChI=1S/C22H23N5O4/c1-30-16-4-6-17(7-5-16)31-14-21(29)27-10-2-3-15(13-27)18-11-20(28)26-22(25-18)19-12-23-8-9-24-19/h4-9,11-12,15H,2-3,10,13-14H2,1H3,(H,25,26,28). The molecule has 3 heterocycles. The lowest BCUT2D eigenvalue weighted by atomic mass is 9.94. The Labute approximate surface area is 179 Å². The third-order valence-electron chi connectivity index (χ3n) is 5.18. The Morgan fingerprint density at radius 1 is 1.23 bits per heavy atom. The number of nitrogens with zero attached hydrogens (tertiary/aromatic N) is 4. The van der Waals surface area contributed by atoms with Crippen LogP contribution in [0.25, 0.3) is 11.5 Å². The molecule has 2 aromatic heterocycles. The lowest BCUT2D eigenvalue weighted by Gasteiger charge is -2.32. The summed E-state index contributed by atoms with van der Waals surface area (Å²) < 4.78 is 10.7. The van der Waals surface area contributed by atoms with Crippen LogP contribution in [0.15, 0.2) is 53.7 Å². The summed E-state index contributed by atoms with van der Waals surface area (Å²) in [6, 6.07) is 8.58. The molecule has 0 spiro atoms. The number of carbonyl (C=O) groups excluding carboxylic acids is 1. The smallest absolute Gasteiger partial charge is 0.260 e. The predicted molar refractivity (Wildman–Crippen MR) is 113 cm³/mol. The molecule has 0 aliphatic carbocycles. The molecule has 31 heavy (non-hydrogen) atoms. The fourth-order valence-electron chi connectivity index (χ4n) is 3.58. The highest BCUT2D eigenvalue weighted by Gasteiger charge is 2.26. The minimum Gasteiger partial charge on any atom is -0.497 e. The molecule has 0 bridgehead atoms. The van der Waals surface area contributed by atoms with Gasteiger partial charge in [-0.1, -0.05) is 0 Å². The molecule has 0 saturated carbocycles. The molecule has 9 nitrogen and oxygen atoms in total. The average molecular weight is 421 g/mol. The first-order valence-corrected chi connectivity index (χ1v) is 10.0. The van der Waals surface area contributed by atoms with E-state index in [1.54, 1.807) is 54.9 Å². The normalized spacial score (nSPS) is 16.0. The van der Waals surface area contributed by atoms with E-state index >= 15 is 0 Å². The van der Waals surface area contributed by atoms with Crippen molar-refractivity contribution < 1.29 is 14.3 Å². The van der Waals surface area contributed by atoms with E-state index in [-0.39, 0.29) is 24.0 Å². The maximum Gasteiger partial charge on any atom is 0.260 e. The van der Waals surface area contributed by atoms with Crippen molar-refractivity contribution in [2.24, 2.45) is 0 Å². The van der Waals surface area contributed by atoms with Crippen molar-refractivity contribution in [3.8, 4) is 23.0 Å². The van der Waals surface area contributed by atoms with Gasteiger partial charge in [0.05, 0.1) is 19.0 Å². The van der Waals surface area contributed by atoms with E-state index in [0.29, 0.717) is 36.1 Å². The van der Waals surface area contributed by atoms with Gasteiger partial charge in [0.15, 0.2) is 12.4 Å². The summed E-state index contributed by atoms with van der Waals surface area (Å²) in [6.45, 7) is 1.09. The molecular weight excluding hydrogens is 398 g/mol. The number of hydrogen-bond acceptors (Lipinski definition) is 7. The minimum absolute atomic E-state index is 0.0311. The van der Waals surface area contributed by atoms with Gasteiger partial charge in [-0.05, 0) is 37.1 Å². The van der Waals surface area contributed by atoms with E-state index < -0.39 is 0 Å². The number of likely N-dealkylation sites (tertiary alicyclic amines) is 1. The predicted octanol–water partition coefficient (Wildman–Crippen LogP) is 2.02. The molecule has 160 valence electrons. The number of amides is 1. The third-order valence-corrected chi connectivity index (χ3v) is 5.18. The number of piperidine rings is 1. The summed E-state index contributed by atoms with van der Waals surface area (Å²) in [4.78, 5) is 42.2. The van der Waals surface area contributed by atoms with Crippen LogP contribution in [-0.4, -0.2) is 57.5 Å². The molecule has 0 radical (unpaired) electrons. The van der Waals surface area contributed by atoms with E-state index in [9.17, 15) is 9.59 Å². The Hall–Kier alpha value is -3.75. The van der Waals surface area contributed by atoms with Crippen LogP contribution in [0.5, 0.6) is 11.5 Å². The van der Waals surface area contributed by atoms with Crippen LogP contribution in [0.1, 0.15) is 24.5 Å².